The molecule has 2 N–H and O–H groups in total. The van der Waals surface area contributed by atoms with Gasteiger partial charge in [-0.3, -0.25) is 9.80 Å². The summed E-state index contributed by atoms with van der Waals surface area (Å²) in [5, 5.41) is 20.9. The van der Waals surface area contributed by atoms with E-state index in [1.807, 2.05) is 0 Å². The highest BCUT2D eigenvalue weighted by atomic mass is 16.5. The third-order valence-electron chi connectivity index (χ3n) is 4.76. The van der Waals surface area contributed by atoms with E-state index in [9.17, 15) is 10.2 Å². The second-order valence-electron chi connectivity index (χ2n) is 6.52. The van der Waals surface area contributed by atoms with Crippen molar-refractivity contribution in [3.8, 4) is 0 Å². The fraction of sp³-hybridized carbons (Fsp3) is 1.00. The van der Waals surface area contributed by atoms with Gasteiger partial charge in [-0.15, -0.1) is 0 Å². The van der Waals surface area contributed by atoms with Gasteiger partial charge in [0.2, 0.25) is 0 Å². The van der Waals surface area contributed by atoms with Gasteiger partial charge in [-0.1, -0.05) is 0 Å². The summed E-state index contributed by atoms with van der Waals surface area (Å²) in [7, 11) is 0. The zero-order chi connectivity index (χ0) is 14.6. The molecular formula is C15H30N2O3. The number of ether oxygens (including phenoxy) is 1. The van der Waals surface area contributed by atoms with Gasteiger partial charge < -0.3 is 14.9 Å². The van der Waals surface area contributed by atoms with Crippen molar-refractivity contribution in [2.45, 2.75) is 50.9 Å². The Morgan fingerprint density at radius 2 is 1.80 bits per heavy atom. The van der Waals surface area contributed by atoms with Crippen LogP contribution < -0.4 is 0 Å². The fourth-order valence-electron chi connectivity index (χ4n) is 3.16. The van der Waals surface area contributed by atoms with Gasteiger partial charge in [0.05, 0.1) is 11.7 Å². The van der Waals surface area contributed by atoms with E-state index in [2.05, 4.69) is 23.6 Å². The molecule has 118 valence electrons. The maximum absolute atomic E-state index is 10.5. The Hall–Kier alpha value is -0.200. The Morgan fingerprint density at radius 1 is 1.10 bits per heavy atom. The van der Waals surface area contributed by atoms with Gasteiger partial charge in [-0.25, -0.2) is 0 Å². The van der Waals surface area contributed by atoms with Crippen LogP contribution in [0.4, 0.5) is 0 Å². The molecule has 0 aromatic heterocycles. The van der Waals surface area contributed by atoms with Crippen molar-refractivity contribution in [3.63, 3.8) is 0 Å². The predicted octanol–water partition coefficient (Wildman–Crippen LogP) is 0.305. The third kappa shape index (κ3) is 4.15. The fourth-order valence-corrected chi connectivity index (χ4v) is 3.16. The van der Waals surface area contributed by atoms with Gasteiger partial charge in [0.15, 0.2) is 0 Å². The molecule has 0 saturated carbocycles. The van der Waals surface area contributed by atoms with Gasteiger partial charge in [0, 0.05) is 51.7 Å². The van der Waals surface area contributed by atoms with Crippen LogP contribution in [0, 0.1) is 0 Å². The minimum Gasteiger partial charge on any atom is -0.389 e. The van der Waals surface area contributed by atoms with Gasteiger partial charge in [0.25, 0.3) is 0 Å². The van der Waals surface area contributed by atoms with Crippen LogP contribution in [-0.2, 0) is 4.74 Å². The molecule has 1 unspecified atom stereocenters. The van der Waals surface area contributed by atoms with Gasteiger partial charge >= 0.3 is 0 Å². The number of nitrogens with zero attached hydrogens (tertiary/aromatic N) is 2. The minimum atomic E-state index is -0.956. The second kappa shape index (κ2) is 7.18. The maximum atomic E-state index is 10.5. The predicted molar refractivity (Wildman–Crippen MR) is 78.8 cm³/mol. The molecule has 0 radical (unpaired) electrons. The van der Waals surface area contributed by atoms with Crippen LogP contribution in [0.2, 0.25) is 0 Å². The first-order valence-electron chi connectivity index (χ1n) is 7.96. The Morgan fingerprint density at radius 3 is 2.45 bits per heavy atom. The van der Waals surface area contributed by atoms with Crippen molar-refractivity contribution in [3.05, 3.63) is 0 Å². The van der Waals surface area contributed by atoms with E-state index in [1.54, 1.807) is 0 Å². The Kier molecular flexibility index (Phi) is 5.81. The highest BCUT2D eigenvalue weighted by molar-refractivity contribution is 4.90. The first-order valence-corrected chi connectivity index (χ1v) is 7.96. The van der Waals surface area contributed by atoms with E-state index in [4.69, 9.17) is 4.74 Å². The van der Waals surface area contributed by atoms with Crippen molar-refractivity contribution in [2.24, 2.45) is 0 Å². The molecular weight excluding hydrogens is 256 g/mol. The first-order chi connectivity index (χ1) is 9.51. The molecule has 0 aromatic rings. The molecule has 1 atom stereocenters. The highest BCUT2D eigenvalue weighted by Gasteiger charge is 2.38. The molecule has 2 fully saturated rings. The Balaban J connectivity index is 1.83. The number of hydrogen-bond acceptors (Lipinski definition) is 5. The van der Waals surface area contributed by atoms with Crippen molar-refractivity contribution >= 4 is 0 Å². The molecule has 2 aliphatic rings. The van der Waals surface area contributed by atoms with E-state index in [0.29, 0.717) is 38.6 Å². The molecule has 2 saturated heterocycles. The molecule has 0 amide bonds. The van der Waals surface area contributed by atoms with Crippen LogP contribution in [-0.4, -0.2) is 83.7 Å². The molecule has 2 aliphatic heterocycles. The quantitative estimate of drug-likeness (QED) is 0.779. The Labute approximate surface area is 122 Å². The number of β-amino-alcohol motifs (C(OH)–C–C–N with tert-alkyl or cyclic N) is 1. The SMILES string of the molecule is CC(C)N1CCCN(CC(O)C2(O)CCOCC2)CC1. The van der Waals surface area contributed by atoms with E-state index in [1.165, 1.54) is 0 Å². The summed E-state index contributed by atoms with van der Waals surface area (Å²) in [5.41, 5.74) is -0.956. The molecule has 0 aliphatic carbocycles. The zero-order valence-corrected chi connectivity index (χ0v) is 12.9. The highest BCUT2D eigenvalue weighted by Crippen LogP contribution is 2.25. The maximum Gasteiger partial charge on any atom is 0.0961 e. The van der Waals surface area contributed by atoms with Crippen LogP contribution >= 0.6 is 0 Å². The van der Waals surface area contributed by atoms with Crippen LogP contribution in [0.25, 0.3) is 0 Å². The molecule has 2 heterocycles. The summed E-state index contributed by atoms with van der Waals surface area (Å²) in [6.07, 6.45) is 1.55. The molecule has 5 heteroatoms. The summed E-state index contributed by atoms with van der Waals surface area (Å²) in [6.45, 7) is 10.3. The van der Waals surface area contributed by atoms with Gasteiger partial charge in [-0.2, -0.15) is 0 Å². The summed E-state index contributed by atoms with van der Waals surface area (Å²) >= 11 is 0. The Bertz CT molecular complexity index is 293. The van der Waals surface area contributed by atoms with Gasteiger partial charge in [0.1, 0.15) is 0 Å². The van der Waals surface area contributed by atoms with Crippen molar-refractivity contribution < 1.29 is 14.9 Å². The third-order valence-corrected chi connectivity index (χ3v) is 4.76. The summed E-state index contributed by atoms with van der Waals surface area (Å²) in [6, 6.07) is 0.583. The van der Waals surface area contributed by atoms with Crippen LogP contribution in [0.5, 0.6) is 0 Å². The van der Waals surface area contributed by atoms with Crippen molar-refractivity contribution in [1.82, 2.24) is 9.80 Å². The number of aliphatic hydroxyl groups is 2. The monoisotopic (exact) mass is 286 g/mol. The van der Waals surface area contributed by atoms with Crippen LogP contribution in [0.15, 0.2) is 0 Å². The lowest BCUT2D eigenvalue weighted by Gasteiger charge is -2.38. The lowest BCUT2D eigenvalue weighted by Crippen LogP contribution is -2.52. The largest absolute Gasteiger partial charge is 0.389 e. The molecule has 2 rings (SSSR count). The number of rotatable bonds is 4. The molecule has 20 heavy (non-hydrogen) atoms. The number of hydrogen-bond donors (Lipinski definition) is 2. The van der Waals surface area contributed by atoms with E-state index in [-0.39, 0.29) is 0 Å². The average molecular weight is 286 g/mol. The lowest BCUT2D eigenvalue weighted by atomic mass is 9.88. The standard InChI is InChI=1S/C15H30N2O3/c1-13(2)17-7-3-6-16(8-9-17)12-14(18)15(19)4-10-20-11-5-15/h13-14,18-19H,3-12H2,1-2H3. The molecule has 0 aromatic carbocycles. The topological polar surface area (TPSA) is 56.2 Å². The minimum absolute atomic E-state index is 0.542. The second-order valence-corrected chi connectivity index (χ2v) is 6.52. The van der Waals surface area contributed by atoms with Crippen molar-refractivity contribution in [1.29, 1.82) is 0 Å². The van der Waals surface area contributed by atoms with E-state index < -0.39 is 11.7 Å². The summed E-state index contributed by atoms with van der Waals surface area (Å²) < 4.78 is 5.27. The average Bonchev–Trinajstić information content (AvgIpc) is 2.65. The summed E-state index contributed by atoms with van der Waals surface area (Å²) in [5.74, 6) is 0. The smallest absolute Gasteiger partial charge is 0.0961 e. The number of aliphatic hydroxyl groups excluding tert-OH is 1. The molecule has 0 bridgehead atoms. The van der Waals surface area contributed by atoms with E-state index in [0.717, 1.165) is 32.6 Å². The normalized spacial score (nSPS) is 27.4. The van der Waals surface area contributed by atoms with Crippen molar-refractivity contribution in [2.75, 3.05) is 45.9 Å². The molecule has 0 spiro atoms. The van der Waals surface area contributed by atoms with Gasteiger partial charge in [-0.05, 0) is 33.4 Å². The summed E-state index contributed by atoms with van der Waals surface area (Å²) in [4.78, 5) is 4.77. The van der Waals surface area contributed by atoms with Crippen LogP contribution in [0.1, 0.15) is 33.1 Å². The first kappa shape index (κ1) is 16.2. The van der Waals surface area contributed by atoms with Crippen LogP contribution in [0.3, 0.4) is 0 Å². The molecule has 5 nitrogen and oxygen atoms in total. The lowest BCUT2D eigenvalue weighted by molar-refractivity contribution is -0.137. The zero-order valence-electron chi connectivity index (χ0n) is 12.9. The van der Waals surface area contributed by atoms with E-state index >= 15 is 0 Å².